The van der Waals surface area contributed by atoms with Gasteiger partial charge < -0.3 is 19.7 Å². The molecule has 0 spiro atoms. The highest BCUT2D eigenvalue weighted by Gasteiger charge is 2.19. The number of nitrogens with zero attached hydrogens (tertiary/aromatic N) is 1. The average Bonchev–Trinajstić information content (AvgIpc) is 3.27. The van der Waals surface area contributed by atoms with Gasteiger partial charge in [-0.2, -0.15) is 0 Å². The van der Waals surface area contributed by atoms with Crippen LogP contribution in [0.2, 0.25) is 0 Å². The second-order valence-electron chi connectivity index (χ2n) is 6.51. The maximum absolute atomic E-state index is 12.3. The molecule has 6 nitrogen and oxygen atoms in total. The molecule has 1 aliphatic rings. The molecule has 0 unspecified atom stereocenters. The Morgan fingerprint density at radius 3 is 2.29 bits per heavy atom. The lowest BCUT2D eigenvalue weighted by molar-refractivity contribution is -0.111. The van der Waals surface area contributed by atoms with Gasteiger partial charge in [-0.05, 0) is 60.9 Å². The van der Waals surface area contributed by atoms with Gasteiger partial charge in [-0.25, -0.2) is 0 Å². The summed E-state index contributed by atoms with van der Waals surface area (Å²) < 4.78 is 10.5. The van der Waals surface area contributed by atoms with Gasteiger partial charge in [0, 0.05) is 30.4 Å². The van der Waals surface area contributed by atoms with Crippen molar-refractivity contribution in [3.8, 4) is 11.5 Å². The van der Waals surface area contributed by atoms with Crippen molar-refractivity contribution in [1.82, 2.24) is 4.90 Å². The van der Waals surface area contributed by atoms with Crippen LogP contribution in [0.4, 0.5) is 5.69 Å². The predicted molar refractivity (Wildman–Crippen MR) is 109 cm³/mol. The summed E-state index contributed by atoms with van der Waals surface area (Å²) in [6.45, 7) is 1.64. The molecule has 0 bridgehead atoms. The lowest BCUT2D eigenvalue weighted by Crippen LogP contribution is -2.27. The van der Waals surface area contributed by atoms with Crippen molar-refractivity contribution in [2.24, 2.45) is 0 Å². The fraction of sp³-hybridized carbons (Fsp3) is 0.273. The fourth-order valence-corrected chi connectivity index (χ4v) is 3.11. The molecule has 1 N–H and O–H groups in total. The SMILES string of the molecule is COc1ccc(/C=C/C(=O)Nc2ccc(C(=O)N3CCCC3)cc2)cc1OC. The zero-order chi connectivity index (χ0) is 19.9. The van der Waals surface area contributed by atoms with Gasteiger partial charge in [0.05, 0.1) is 14.2 Å². The van der Waals surface area contributed by atoms with Crippen LogP contribution in [0, 0.1) is 0 Å². The Bertz CT molecular complexity index is 869. The van der Waals surface area contributed by atoms with Crippen molar-refractivity contribution < 1.29 is 19.1 Å². The number of hydrogen-bond acceptors (Lipinski definition) is 4. The number of benzene rings is 2. The molecule has 0 radical (unpaired) electrons. The van der Waals surface area contributed by atoms with Crippen LogP contribution in [0.1, 0.15) is 28.8 Å². The summed E-state index contributed by atoms with van der Waals surface area (Å²) in [5.74, 6) is 1.02. The van der Waals surface area contributed by atoms with E-state index < -0.39 is 0 Å². The first-order valence-corrected chi connectivity index (χ1v) is 9.21. The van der Waals surface area contributed by atoms with E-state index in [4.69, 9.17) is 9.47 Å². The summed E-state index contributed by atoms with van der Waals surface area (Å²) in [6.07, 6.45) is 5.27. The van der Waals surface area contributed by atoms with Gasteiger partial charge in [0.1, 0.15) is 0 Å². The minimum atomic E-state index is -0.256. The maximum atomic E-state index is 12.3. The molecule has 1 aliphatic heterocycles. The number of methoxy groups -OCH3 is 2. The fourth-order valence-electron chi connectivity index (χ4n) is 3.11. The van der Waals surface area contributed by atoms with E-state index in [2.05, 4.69) is 5.32 Å². The van der Waals surface area contributed by atoms with Gasteiger partial charge in [-0.3, -0.25) is 9.59 Å². The molecule has 1 fully saturated rings. The molecule has 2 aromatic rings. The van der Waals surface area contributed by atoms with E-state index in [9.17, 15) is 9.59 Å². The molecule has 1 saturated heterocycles. The van der Waals surface area contributed by atoms with Crippen LogP contribution in [-0.4, -0.2) is 44.0 Å². The van der Waals surface area contributed by atoms with Gasteiger partial charge in [0.2, 0.25) is 5.91 Å². The standard InChI is InChI=1S/C22H24N2O4/c1-27-19-11-5-16(15-20(19)28-2)6-12-21(25)23-18-9-7-17(8-10-18)22(26)24-13-3-4-14-24/h5-12,15H,3-4,13-14H2,1-2H3,(H,23,25)/b12-6+. The summed E-state index contributed by atoms with van der Waals surface area (Å²) in [4.78, 5) is 26.4. The van der Waals surface area contributed by atoms with Crippen molar-refractivity contribution in [1.29, 1.82) is 0 Å². The van der Waals surface area contributed by atoms with Gasteiger partial charge >= 0.3 is 0 Å². The second kappa shape index (κ2) is 9.08. The minimum absolute atomic E-state index is 0.0451. The number of carbonyl (C=O) groups excluding carboxylic acids is 2. The largest absolute Gasteiger partial charge is 0.493 e. The summed E-state index contributed by atoms with van der Waals surface area (Å²) in [7, 11) is 3.14. The number of anilines is 1. The van der Waals surface area contributed by atoms with Crippen LogP contribution >= 0.6 is 0 Å². The number of likely N-dealkylation sites (tertiary alicyclic amines) is 1. The molecule has 2 aromatic carbocycles. The van der Waals surface area contributed by atoms with E-state index >= 15 is 0 Å². The first-order valence-electron chi connectivity index (χ1n) is 9.21. The third-order valence-electron chi connectivity index (χ3n) is 4.63. The molecule has 0 aromatic heterocycles. The lowest BCUT2D eigenvalue weighted by Gasteiger charge is -2.15. The molecule has 146 valence electrons. The van der Waals surface area contributed by atoms with Gasteiger partial charge in [-0.1, -0.05) is 6.07 Å². The number of amides is 2. The first kappa shape index (κ1) is 19.5. The van der Waals surface area contributed by atoms with E-state index in [0.717, 1.165) is 31.5 Å². The molecule has 0 saturated carbocycles. The Kier molecular flexibility index (Phi) is 6.32. The molecule has 1 heterocycles. The van der Waals surface area contributed by atoms with Crippen molar-refractivity contribution in [2.75, 3.05) is 32.6 Å². The quantitative estimate of drug-likeness (QED) is 0.778. The third kappa shape index (κ3) is 4.71. The monoisotopic (exact) mass is 380 g/mol. The maximum Gasteiger partial charge on any atom is 0.253 e. The number of hydrogen-bond donors (Lipinski definition) is 1. The highest BCUT2D eigenvalue weighted by Crippen LogP contribution is 2.28. The molecule has 28 heavy (non-hydrogen) atoms. The molecule has 0 atom stereocenters. The molecular formula is C22H24N2O4. The predicted octanol–water partition coefficient (Wildman–Crippen LogP) is 3.59. The Morgan fingerprint density at radius 2 is 1.64 bits per heavy atom. The van der Waals surface area contributed by atoms with Crippen LogP contribution in [0.5, 0.6) is 11.5 Å². The zero-order valence-corrected chi connectivity index (χ0v) is 16.1. The van der Waals surface area contributed by atoms with Crippen LogP contribution in [0.25, 0.3) is 6.08 Å². The Hall–Kier alpha value is -3.28. The smallest absolute Gasteiger partial charge is 0.253 e. The zero-order valence-electron chi connectivity index (χ0n) is 16.1. The Labute approximate surface area is 164 Å². The molecule has 2 amide bonds. The summed E-state index contributed by atoms with van der Waals surface area (Å²) in [5, 5.41) is 2.79. The van der Waals surface area contributed by atoms with Gasteiger partial charge in [0.15, 0.2) is 11.5 Å². The normalized spacial score (nSPS) is 13.6. The van der Waals surface area contributed by atoms with Crippen molar-refractivity contribution in [3.63, 3.8) is 0 Å². The molecule has 3 rings (SSSR count). The minimum Gasteiger partial charge on any atom is -0.493 e. The Morgan fingerprint density at radius 1 is 0.964 bits per heavy atom. The highest BCUT2D eigenvalue weighted by molar-refractivity contribution is 6.02. The van der Waals surface area contributed by atoms with Crippen LogP contribution in [0.15, 0.2) is 48.5 Å². The van der Waals surface area contributed by atoms with E-state index in [1.54, 1.807) is 56.7 Å². The Balaban J connectivity index is 1.60. The molecular weight excluding hydrogens is 356 g/mol. The summed E-state index contributed by atoms with van der Waals surface area (Å²) in [6, 6.07) is 12.4. The molecule has 0 aliphatic carbocycles. The van der Waals surface area contributed by atoms with Crippen molar-refractivity contribution >= 4 is 23.6 Å². The topological polar surface area (TPSA) is 67.9 Å². The number of ether oxygens (including phenoxy) is 2. The third-order valence-corrected chi connectivity index (χ3v) is 4.63. The van der Waals surface area contributed by atoms with Crippen LogP contribution in [0.3, 0.4) is 0 Å². The van der Waals surface area contributed by atoms with Crippen molar-refractivity contribution in [2.45, 2.75) is 12.8 Å². The van der Waals surface area contributed by atoms with E-state index in [1.165, 1.54) is 6.08 Å². The number of rotatable bonds is 6. The van der Waals surface area contributed by atoms with Gasteiger partial charge in [0.25, 0.3) is 5.91 Å². The van der Waals surface area contributed by atoms with E-state index in [1.807, 2.05) is 11.0 Å². The number of carbonyl (C=O) groups is 2. The van der Waals surface area contributed by atoms with Crippen LogP contribution < -0.4 is 14.8 Å². The van der Waals surface area contributed by atoms with Crippen LogP contribution in [-0.2, 0) is 4.79 Å². The van der Waals surface area contributed by atoms with Gasteiger partial charge in [-0.15, -0.1) is 0 Å². The summed E-state index contributed by atoms with van der Waals surface area (Å²) >= 11 is 0. The van der Waals surface area contributed by atoms with Crippen molar-refractivity contribution in [3.05, 3.63) is 59.7 Å². The highest BCUT2D eigenvalue weighted by atomic mass is 16.5. The summed E-state index contributed by atoms with van der Waals surface area (Å²) in [5.41, 5.74) is 2.10. The van der Waals surface area contributed by atoms with E-state index in [-0.39, 0.29) is 11.8 Å². The average molecular weight is 380 g/mol. The number of nitrogens with one attached hydrogen (secondary N) is 1. The first-order chi connectivity index (χ1) is 13.6. The van der Waals surface area contributed by atoms with E-state index in [0.29, 0.717) is 22.7 Å². The lowest BCUT2D eigenvalue weighted by atomic mass is 10.1. The molecule has 6 heteroatoms. The second-order valence-corrected chi connectivity index (χ2v) is 6.51.